The molecule has 1 aromatic carbocycles. The summed E-state index contributed by atoms with van der Waals surface area (Å²) in [6.07, 6.45) is -0.501. The van der Waals surface area contributed by atoms with Crippen LogP contribution in [0.15, 0.2) is 23.1 Å². The zero-order valence-electron chi connectivity index (χ0n) is 7.61. The third kappa shape index (κ3) is 3.38. The van der Waals surface area contributed by atoms with E-state index in [9.17, 15) is 5.11 Å². The van der Waals surface area contributed by atoms with E-state index in [2.05, 4.69) is 0 Å². The summed E-state index contributed by atoms with van der Waals surface area (Å²) in [4.78, 5) is 0.880. The van der Waals surface area contributed by atoms with Gasteiger partial charge in [-0.3, -0.25) is 0 Å². The Kier molecular flexibility index (Phi) is 4.54. The highest BCUT2D eigenvalue weighted by molar-refractivity contribution is 7.99. The Morgan fingerprint density at radius 2 is 2.21 bits per heavy atom. The van der Waals surface area contributed by atoms with Crippen molar-refractivity contribution in [1.29, 1.82) is 0 Å². The number of benzene rings is 1. The second-order valence-electron chi connectivity index (χ2n) is 2.88. The average molecular weight is 233 g/mol. The summed E-state index contributed by atoms with van der Waals surface area (Å²) < 4.78 is 0. The Morgan fingerprint density at radius 3 is 2.86 bits per heavy atom. The van der Waals surface area contributed by atoms with Crippen LogP contribution < -0.4 is 11.5 Å². The van der Waals surface area contributed by atoms with Gasteiger partial charge in [-0.1, -0.05) is 11.6 Å². The summed E-state index contributed by atoms with van der Waals surface area (Å²) >= 11 is 7.26. The second-order valence-corrected chi connectivity index (χ2v) is 4.38. The number of nitrogen functional groups attached to an aromatic ring is 1. The maximum atomic E-state index is 9.26. The molecule has 78 valence electrons. The average Bonchev–Trinajstić information content (AvgIpc) is 2.19. The standard InChI is InChI=1S/C9H13ClN2OS/c10-6-1-2-8(12)9(3-6)14-5-7(13)4-11/h1-3,7,13H,4-5,11-12H2. The van der Waals surface area contributed by atoms with Gasteiger partial charge in [0.15, 0.2) is 0 Å². The molecule has 0 fully saturated rings. The molecule has 0 heterocycles. The van der Waals surface area contributed by atoms with Crippen molar-refractivity contribution in [3.05, 3.63) is 23.2 Å². The number of hydrogen-bond donors (Lipinski definition) is 3. The van der Waals surface area contributed by atoms with Gasteiger partial charge in [-0.05, 0) is 18.2 Å². The Labute approximate surface area is 92.4 Å². The molecule has 5 N–H and O–H groups in total. The van der Waals surface area contributed by atoms with E-state index >= 15 is 0 Å². The van der Waals surface area contributed by atoms with Gasteiger partial charge < -0.3 is 16.6 Å². The van der Waals surface area contributed by atoms with Crippen LogP contribution in [0, 0.1) is 0 Å². The monoisotopic (exact) mass is 232 g/mol. The van der Waals surface area contributed by atoms with Crippen molar-refractivity contribution in [3.8, 4) is 0 Å². The fourth-order valence-corrected chi connectivity index (χ4v) is 2.08. The van der Waals surface area contributed by atoms with Crippen LogP contribution in [0.25, 0.3) is 0 Å². The maximum absolute atomic E-state index is 9.26. The molecule has 1 atom stereocenters. The number of nitrogens with two attached hydrogens (primary N) is 2. The predicted molar refractivity (Wildman–Crippen MR) is 61.6 cm³/mol. The molecule has 0 radical (unpaired) electrons. The molecule has 0 bridgehead atoms. The normalized spacial score (nSPS) is 12.8. The van der Waals surface area contributed by atoms with Crippen molar-refractivity contribution in [1.82, 2.24) is 0 Å². The zero-order valence-corrected chi connectivity index (χ0v) is 9.18. The van der Waals surface area contributed by atoms with E-state index in [1.165, 1.54) is 11.8 Å². The number of halogens is 1. The molecule has 0 amide bonds. The summed E-state index contributed by atoms with van der Waals surface area (Å²) in [6, 6.07) is 5.27. The van der Waals surface area contributed by atoms with Gasteiger partial charge >= 0.3 is 0 Å². The smallest absolute Gasteiger partial charge is 0.0756 e. The molecule has 1 aromatic rings. The van der Waals surface area contributed by atoms with Crippen LogP contribution in [-0.2, 0) is 0 Å². The number of anilines is 1. The van der Waals surface area contributed by atoms with Gasteiger partial charge in [0, 0.05) is 27.9 Å². The summed E-state index contributed by atoms with van der Waals surface area (Å²) in [6.45, 7) is 0.257. The third-order valence-electron chi connectivity index (χ3n) is 1.68. The lowest BCUT2D eigenvalue weighted by molar-refractivity contribution is 0.208. The zero-order chi connectivity index (χ0) is 10.6. The summed E-state index contributed by atoms with van der Waals surface area (Å²) in [5.41, 5.74) is 11.7. The van der Waals surface area contributed by atoms with Gasteiger partial charge in [0.05, 0.1) is 6.10 Å². The molecule has 5 heteroatoms. The van der Waals surface area contributed by atoms with Gasteiger partial charge in [0.25, 0.3) is 0 Å². The van der Waals surface area contributed by atoms with Crippen LogP contribution >= 0.6 is 23.4 Å². The Hall–Kier alpha value is -0.420. The quantitative estimate of drug-likeness (QED) is 0.541. The van der Waals surface area contributed by atoms with E-state index in [0.717, 1.165) is 4.90 Å². The largest absolute Gasteiger partial charge is 0.398 e. The lowest BCUT2D eigenvalue weighted by Gasteiger charge is -2.09. The van der Waals surface area contributed by atoms with Crippen molar-refractivity contribution < 1.29 is 5.11 Å². The summed E-state index contributed by atoms with van der Waals surface area (Å²) in [7, 11) is 0. The number of aliphatic hydroxyl groups is 1. The highest BCUT2D eigenvalue weighted by Crippen LogP contribution is 2.28. The third-order valence-corrected chi connectivity index (χ3v) is 3.13. The molecule has 0 saturated heterocycles. The summed E-state index contributed by atoms with van der Waals surface area (Å²) in [5, 5.41) is 9.90. The van der Waals surface area contributed by atoms with Crippen LogP contribution in [-0.4, -0.2) is 23.5 Å². The van der Waals surface area contributed by atoms with E-state index in [1.807, 2.05) is 0 Å². The molecule has 0 aliphatic rings. The first-order chi connectivity index (χ1) is 6.63. The van der Waals surface area contributed by atoms with Crippen molar-refractivity contribution >= 4 is 29.1 Å². The van der Waals surface area contributed by atoms with Gasteiger partial charge in [0.1, 0.15) is 0 Å². The number of aliphatic hydroxyl groups excluding tert-OH is 1. The first-order valence-corrected chi connectivity index (χ1v) is 5.55. The summed E-state index contributed by atoms with van der Waals surface area (Å²) in [5.74, 6) is 0.529. The Morgan fingerprint density at radius 1 is 1.50 bits per heavy atom. The minimum Gasteiger partial charge on any atom is -0.398 e. The first-order valence-electron chi connectivity index (χ1n) is 4.19. The molecule has 0 aliphatic heterocycles. The van der Waals surface area contributed by atoms with Crippen LogP contribution in [0.4, 0.5) is 5.69 Å². The van der Waals surface area contributed by atoms with Crippen LogP contribution in [0.5, 0.6) is 0 Å². The predicted octanol–water partition coefficient (Wildman–Crippen LogP) is 1.33. The SMILES string of the molecule is NCC(O)CSc1cc(Cl)ccc1N. The Balaban J connectivity index is 2.62. The molecule has 1 rings (SSSR count). The van der Waals surface area contributed by atoms with Crippen molar-refractivity contribution in [2.75, 3.05) is 18.0 Å². The van der Waals surface area contributed by atoms with Gasteiger partial charge in [-0.15, -0.1) is 11.8 Å². The highest BCUT2D eigenvalue weighted by Gasteiger charge is 2.05. The highest BCUT2D eigenvalue weighted by atomic mass is 35.5. The fraction of sp³-hybridized carbons (Fsp3) is 0.333. The van der Waals surface area contributed by atoms with Gasteiger partial charge in [-0.2, -0.15) is 0 Å². The lowest BCUT2D eigenvalue weighted by atomic mass is 10.3. The molecule has 0 aromatic heterocycles. The molecule has 0 aliphatic carbocycles. The topological polar surface area (TPSA) is 72.3 Å². The van der Waals surface area contributed by atoms with E-state index < -0.39 is 6.10 Å². The van der Waals surface area contributed by atoms with E-state index in [4.69, 9.17) is 23.1 Å². The number of thioether (sulfide) groups is 1. The van der Waals surface area contributed by atoms with E-state index in [0.29, 0.717) is 16.5 Å². The molecule has 0 saturated carbocycles. The first kappa shape index (κ1) is 11.7. The van der Waals surface area contributed by atoms with Crippen molar-refractivity contribution in [2.24, 2.45) is 5.73 Å². The fourth-order valence-electron chi connectivity index (χ4n) is 0.887. The van der Waals surface area contributed by atoms with E-state index in [1.54, 1.807) is 18.2 Å². The maximum Gasteiger partial charge on any atom is 0.0756 e. The van der Waals surface area contributed by atoms with Crippen molar-refractivity contribution in [2.45, 2.75) is 11.0 Å². The van der Waals surface area contributed by atoms with Crippen LogP contribution in [0.1, 0.15) is 0 Å². The Bertz CT molecular complexity index is 309. The lowest BCUT2D eigenvalue weighted by Crippen LogP contribution is -2.21. The van der Waals surface area contributed by atoms with Gasteiger partial charge in [-0.25, -0.2) is 0 Å². The van der Waals surface area contributed by atoms with Crippen molar-refractivity contribution in [3.63, 3.8) is 0 Å². The van der Waals surface area contributed by atoms with Crippen LogP contribution in [0.3, 0.4) is 0 Å². The molecular formula is C9H13ClN2OS. The van der Waals surface area contributed by atoms with Crippen LogP contribution in [0.2, 0.25) is 5.02 Å². The number of hydrogen-bond acceptors (Lipinski definition) is 4. The second kappa shape index (κ2) is 5.46. The molecular weight excluding hydrogens is 220 g/mol. The number of rotatable bonds is 4. The van der Waals surface area contributed by atoms with E-state index in [-0.39, 0.29) is 6.54 Å². The molecule has 0 spiro atoms. The molecule has 14 heavy (non-hydrogen) atoms. The van der Waals surface area contributed by atoms with Gasteiger partial charge in [0.2, 0.25) is 0 Å². The minimum absolute atomic E-state index is 0.257. The molecule has 1 unspecified atom stereocenters. The molecule has 3 nitrogen and oxygen atoms in total. The minimum atomic E-state index is -0.501.